The molecular formula is C13H15BrN2O. The average Bonchev–Trinajstić information content (AvgIpc) is 2.75. The van der Waals surface area contributed by atoms with Crippen molar-refractivity contribution >= 4 is 15.9 Å². The molecule has 0 fully saturated rings. The van der Waals surface area contributed by atoms with E-state index in [1.807, 2.05) is 24.3 Å². The Balaban J connectivity index is 2.28. The van der Waals surface area contributed by atoms with Crippen molar-refractivity contribution in [3.8, 4) is 11.3 Å². The van der Waals surface area contributed by atoms with Crippen LogP contribution in [0, 0.1) is 0 Å². The van der Waals surface area contributed by atoms with Crippen molar-refractivity contribution in [2.45, 2.75) is 26.4 Å². The Morgan fingerprint density at radius 3 is 2.82 bits per heavy atom. The number of aromatic nitrogens is 1. The summed E-state index contributed by atoms with van der Waals surface area (Å²) in [6, 6.07) is 8.43. The van der Waals surface area contributed by atoms with Gasteiger partial charge in [0.05, 0.1) is 6.20 Å². The first-order valence-electron chi connectivity index (χ1n) is 5.60. The van der Waals surface area contributed by atoms with Gasteiger partial charge in [0.1, 0.15) is 0 Å². The van der Waals surface area contributed by atoms with E-state index in [1.54, 1.807) is 6.20 Å². The Labute approximate surface area is 109 Å². The first kappa shape index (κ1) is 12.3. The first-order chi connectivity index (χ1) is 8.18. The standard InChI is InChI=1S/C13H15BrN2O/c1-9(2)15-7-10-8-16-17-13(10)11-5-3-4-6-12(11)14/h3-6,8-9,15H,7H2,1-2H3. The Hall–Kier alpha value is -1.13. The number of halogens is 1. The van der Waals surface area contributed by atoms with Crippen LogP contribution >= 0.6 is 15.9 Å². The molecule has 2 aromatic rings. The van der Waals surface area contributed by atoms with E-state index >= 15 is 0 Å². The third-order valence-corrected chi connectivity index (χ3v) is 3.15. The summed E-state index contributed by atoms with van der Waals surface area (Å²) in [6.45, 7) is 5.00. The molecule has 2 rings (SSSR count). The minimum atomic E-state index is 0.442. The predicted molar refractivity (Wildman–Crippen MR) is 71.6 cm³/mol. The molecule has 0 aliphatic rings. The topological polar surface area (TPSA) is 38.1 Å². The molecule has 0 aliphatic heterocycles. The molecule has 17 heavy (non-hydrogen) atoms. The van der Waals surface area contributed by atoms with Crippen LogP contribution in [-0.4, -0.2) is 11.2 Å². The van der Waals surface area contributed by atoms with Crippen LogP contribution in [0.25, 0.3) is 11.3 Å². The van der Waals surface area contributed by atoms with E-state index in [2.05, 4.69) is 40.3 Å². The monoisotopic (exact) mass is 294 g/mol. The summed E-state index contributed by atoms with van der Waals surface area (Å²) < 4.78 is 6.36. The number of rotatable bonds is 4. The number of benzene rings is 1. The Bertz CT molecular complexity index is 494. The van der Waals surface area contributed by atoms with Gasteiger partial charge in [-0.3, -0.25) is 0 Å². The summed E-state index contributed by atoms with van der Waals surface area (Å²) in [5.41, 5.74) is 2.11. The molecule has 0 saturated carbocycles. The van der Waals surface area contributed by atoms with E-state index in [4.69, 9.17) is 4.52 Å². The molecular weight excluding hydrogens is 280 g/mol. The molecule has 0 radical (unpaired) electrons. The Kier molecular flexibility index (Phi) is 3.97. The zero-order valence-corrected chi connectivity index (χ0v) is 11.5. The normalized spacial score (nSPS) is 11.1. The molecule has 1 aromatic carbocycles. The van der Waals surface area contributed by atoms with E-state index in [0.29, 0.717) is 6.04 Å². The van der Waals surface area contributed by atoms with Gasteiger partial charge in [0.25, 0.3) is 0 Å². The van der Waals surface area contributed by atoms with E-state index in [1.165, 1.54) is 0 Å². The second-order valence-electron chi connectivity index (χ2n) is 4.20. The zero-order chi connectivity index (χ0) is 12.3. The van der Waals surface area contributed by atoms with Crippen molar-refractivity contribution in [3.05, 3.63) is 40.5 Å². The van der Waals surface area contributed by atoms with Crippen LogP contribution in [0.3, 0.4) is 0 Å². The molecule has 0 amide bonds. The van der Waals surface area contributed by atoms with E-state index in [9.17, 15) is 0 Å². The number of hydrogen-bond donors (Lipinski definition) is 1. The lowest BCUT2D eigenvalue weighted by molar-refractivity contribution is 0.431. The zero-order valence-electron chi connectivity index (χ0n) is 9.90. The highest BCUT2D eigenvalue weighted by atomic mass is 79.9. The van der Waals surface area contributed by atoms with Crippen molar-refractivity contribution in [2.75, 3.05) is 0 Å². The molecule has 1 aromatic heterocycles. The summed E-state index contributed by atoms with van der Waals surface area (Å²) in [5.74, 6) is 0.825. The summed E-state index contributed by atoms with van der Waals surface area (Å²) in [4.78, 5) is 0. The summed E-state index contributed by atoms with van der Waals surface area (Å²) in [5, 5.41) is 7.24. The maximum Gasteiger partial charge on any atom is 0.172 e. The van der Waals surface area contributed by atoms with Gasteiger partial charge in [-0.1, -0.05) is 47.1 Å². The van der Waals surface area contributed by atoms with Gasteiger partial charge in [0.15, 0.2) is 5.76 Å². The maximum atomic E-state index is 5.34. The van der Waals surface area contributed by atoms with Gasteiger partial charge in [-0.2, -0.15) is 0 Å². The number of nitrogens with zero attached hydrogens (tertiary/aromatic N) is 1. The van der Waals surface area contributed by atoms with Crippen LogP contribution in [0.1, 0.15) is 19.4 Å². The average molecular weight is 295 g/mol. The fourth-order valence-corrected chi connectivity index (χ4v) is 2.03. The Morgan fingerprint density at radius 2 is 2.12 bits per heavy atom. The van der Waals surface area contributed by atoms with Crippen LogP contribution < -0.4 is 5.32 Å². The summed E-state index contributed by atoms with van der Waals surface area (Å²) in [7, 11) is 0. The lowest BCUT2D eigenvalue weighted by Crippen LogP contribution is -2.21. The van der Waals surface area contributed by atoms with Gasteiger partial charge in [0.2, 0.25) is 0 Å². The fraction of sp³-hybridized carbons (Fsp3) is 0.308. The van der Waals surface area contributed by atoms with Gasteiger partial charge in [-0.05, 0) is 12.1 Å². The highest BCUT2D eigenvalue weighted by Crippen LogP contribution is 2.30. The van der Waals surface area contributed by atoms with Gasteiger partial charge >= 0.3 is 0 Å². The van der Waals surface area contributed by atoms with Crippen molar-refractivity contribution in [1.29, 1.82) is 0 Å². The molecule has 0 unspecified atom stereocenters. The lowest BCUT2D eigenvalue weighted by Gasteiger charge is -2.07. The van der Waals surface area contributed by atoms with Crippen LogP contribution in [0.15, 0.2) is 39.5 Å². The minimum absolute atomic E-state index is 0.442. The SMILES string of the molecule is CC(C)NCc1cnoc1-c1ccccc1Br. The third kappa shape index (κ3) is 2.96. The minimum Gasteiger partial charge on any atom is -0.356 e. The maximum absolute atomic E-state index is 5.34. The van der Waals surface area contributed by atoms with Gasteiger partial charge < -0.3 is 9.84 Å². The van der Waals surface area contributed by atoms with E-state index in [-0.39, 0.29) is 0 Å². The van der Waals surface area contributed by atoms with Crippen LogP contribution in [0.2, 0.25) is 0 Å². The van der Waals surface area contributed by atoms with Crippen molar-refractivity contribution < 1.29 is 4.52 Å². The fourth-order valence-electron chi connectivity index (χ4n) is 1.57. The summed E-state index contributed by atoms with van der Waals surface area (Å²) >= 11 is 3.52. The molecule has 0 spiro atoms. The summed E-state index contributed by atoms with van der Waals surface area (Å²) in [6.07, 6.45) is 1.77. The van der Waals surface area contributed by atoms with Crippen LogP contribution in [-0.2, 0) is 6.54 Å². The Morgan fingerprint density at radius 1 is 1.35 bits per heavy atom. The number of nitrogens with one attached hydrogen (secondary N) is 1. The second kappa shape index (κ2) is 5.47. The lowest BCUT2D eigenvalue weighted by atomic mass is 10.1. The van der Waals surface area contributed by atoms with Crippen LogP contribution in [0.4, 0.5) is 0 Å². The van der Waals surface area contributed by atoms with Crippen LogP contribution in [0.5, 0.6) is 0 Å². The smallest absolute Gasteiger partial charge is 0.172 e. The largest absolute Gasteiger partial charge is 0.356 e. The van der Waals surface area contributed by atoms with Gasteiger partial charge in [-0.25, -0.2) is 0 Å². The molecule has 1 N–H and O–H groups in total. The second-order valence-corrected chi connectivity index (χ2v) is 5.05. The molecule has 3 nitrogen and oxygen atoms in total. The highest BCUT2D eigenvalue weighted by molar-refractivity contribution is 9.10. The molecule has 0 bridgehead atoms. The third-order valence-electron chi connectivity index (χ3n) is 2.46. The van der Waals surface area contributed by atoms with Crippen molar-refractivity contribution in [2.24, 2.45) is 0 Å². The first-order valence-corrected chi connectivity index (χ1v) is 6.39. The van der Waals surface area contributed by atoms with E-state index < -0.39 is 0 Å². The molecule has 90 valence electrons. The molecule has 0 atom stereocenters. The van der Waals surface area contributed by atoms with E-state index in [0.717, 1.165) is 27.9 Å². The molecule has 1 heterocycles. The quantitative estimate of drug-likeness (QED) is 0.936. The molecule has 0 aliphatic carbocycles. The van der Waals surface area contributed by atoms with Gasteiger partial charge in [0, 0.05) is 28.2 Å². The highest BCUT2D eigenvalue weighted by Gasteiger charge is 2.13. The predicted octanol–water partition coefficient (Wildman–Crippen LogP) is 3.60. The van der Waals surface area contributed by atoms with Crippen molar-refractivity contribution in [1.82, 2.24) is 10.5 Å². The molecule has 0 saturated heterocycles. The van der Waals surface area contributed by atoms with Crippen molar-refractivity contribution in [3.63, 3.8) is 0 Å². The number of hydrogen-bond acceptors (Lipinski definition) is 3. The van der Waals surface area contributed by atoms with Gasteiger partial charge in [-0.15, -0.1) is 0 Å². The molecule has 4 heteroatoms.